The van der Waals surface area contributed by atoms with Gasteiger partial charge in [-0.2, -0.15) is 0 Å². The predicted octanol–water partition coefficient (Wildman–Crippen LogP) is 3.40. The Morgan fingerprint density at radius 2 is 2.20 bits per heavy atom. The quantitative estimate of drug-likeness (QED) is 0.503. The largest absolute Gasteiger partial charge is 0.508 e. The summed E-state index contributed by atoms with van der Waals surface area (Å²) < 4.78 is 5.12. The van der Waals surface area contributed by atoms with Crippen LogP contribution in [0.3, 0.4) is 0 Å². The molecule has 20 heavy (non-hydrogen) atoms. The Morgan fingerprint density at radius 3 is 2.85 bits per heavy atom. The summed E-state index contributed by atoms with van der Waals surface area (Å²) in [5.74, 6) is -0.553. The number of fused-ring (bicyclic) bond motifs is 1. The summed E-state index contributed by atoms with van der Waals surface area (Å²) in [6.07, 6.45) is 6.88. The lowest BCUT2D eigenvalue weighted by Gasteiger charge is -2.26. The molecular formula is C16H18O4. The van der Waals surface area contributed by atoms with Crippen molar-refractivity contribution < 1.29 is 19.7 Å². The highest BCUT2D eigenvalue weighted by molar-refractivity contribution is 5.79. The molecule has 1 aromatic carbocycles. The van der Waals surface area contributed by atoms with E-state index < -0.39 is 0 Å². The van der Waals surface area contributed by atoms with Crippen LogP contribution in [0.2, 0.25) is 0 Å². The van der Waals surface area contributed by atoms with Crippen molar-refractivity contribution in [2.24, 2.45) is 0 Å². The van der Waals surface area contributed by atoms with Crippen LogP contribution in [0, 0.1) is 0 Å². The number of esters is 1. The molecule has 1 aliphatic heterocycles. The first-order valence-corrected chi connectivity index (χ1v) is 6.66. The van der Waals surface area contributed by atoms with Crippen LogP contribution in [0.1, 0.15) is 38.2 Å². The van der Waals surface area contributed by atoms with E-state index in [9.17, 15) is 15.0 Å². The molecule has 1 aliphatic rings. The summed E-state index contributed by atoms with van der Waals surface area (Å²) in [7, 11) is 0. The fraction of sp³-hybridized carbons (Fsp3) is 0.312. The number of benzene rings is 1. The van der Waals surface area contributed by atoms with Gasteiger partial charge in [0.05, 0.1) is 6.42 Å². The van der Waals surface area contributed by atoms with E-state index in [1.807, 2.05) is 32.1 Å². The van der Waals surface area contributed by atoms with Crippen LogP contribution >= 0.6 is 0 Å². The Kier molecular flexibility index (Phi) is 4.13. The molecule has 0 bridgehead atoms. The summed E-state index contributed by atoms with van der Waals surface area (Å²) >= 11 is 0. The first-order chi connectivity index (χ1) is 9.56. The van der Waals surface area contributed by atoms with Crippen molar-refractivity contribution in [1.82, 2.24) is 0 Å². The number of rotatable bonds is 3. The number of allylic oxidation sites excluding steroid dienone is 4. The highest BCUT2D eigenvalue weighted by atomic mass is 16.5. The van der Waals surface area contributed by atoms with Gasteiger partial charge in [0.25, 0.3) is 0 Å². The monoisotopic (exact) mass is 274 g/mol. The fourth-order valence-electron chi connectivity index (χ4n) is 2.50. The van der Waals surface area contributed by atoms with Crippen molar-refractivity contribution in [2.45, 2.75) is 32.6 Å². The number of phenolic OH excluding ortho intramolecular Hbond substituents is 2. The van der Waals surface area contributed by atoms with Gasteiger partial charge in [-0.15, -0.1) is 0 Å². The van der Waals surface area contributed by atoms with Crippen LogP contribution in [0.5, 0.6) is 17.2 Å². The normalized spacial score (nSPS) is 19.0. The van der Waals surface area contributed by atoms with Gasteiger partial charge < -0.3 is 14.9 Å². The van der Waals surface area contributed by atoms with E-state index in [1.165, 1.54) is 12.1 Å². The lowest BCUT2D eigenvalue weighted by atomic mass is 9.84. The summed E-state index contributed by atoms with van der Waals surface area (Å²) in [4.78, 5) is 11.7. The predicted molar refractivity (Wildman–Crippen MR) is 76.0 cm³/mol. The Morgan fingerprint density at radius 1 is 1.45 bits per heavy atom. The Labute approximate surface area is 118 Å². The van der Waals surface area contributed by atoms with Crippen LogP contribution in [0.25, 0.3) is 0 Å². The molecule has 4 heteroatoms. The van der Waals surface area contributed by atoms with Gasteiger partial charge in [0, 0.05) is 23.6 Å². The molecule has 4 nitrogen and oxygen atoms in total. The van der Waals surface area contributed by atoms with Crippen LogP contribution in [0.4, 0.5) is 0 Å². The molecule has 106 valence electrons. The van der Waals surface area contributed by atoms with Gasteiger partial charge in [0.2, 0.25) is 0 Å². The standard InChI is InChI=1S/C16H18O4/c1-3-5-10(6-4-2)12-9-15(19)20-14-8-11(17)7-13(18)16(12)14/h3,5-8,12,17-18H,4,9H2,1-2H3/b5-3-,10-6+/t12-/m1/s1. The maximum atomic E-state index is 11.7. The highest BCUT2D eigenvalue weighted by Gasteiger charge is 2.32. The Hall–Kier alpha value is -2.23. The van der Waals surface area contributed by atoms with Gasteiger partial charge in [-0.05, 0) is 18.9 Å². The van der Waals surface area contributed by atoms with E-state index in [2.05, 4.69) is 0 Å². The molecule has 2 rings (SSSR count). The zero-order valence-electron chi connectivity index (χ0n) is 11.6. The first-order valence-electron chi connectivity index (χ1n) is 6.66. The molecule has 0 aliphatic carbocycles. The average Bonchev–Trinajstić information content (AvgIpc) is 2.36. The van der Waals surface area contributed by atoms with Crippen LogP contribution in [-0.4, -0.2) is 16.2 Å². The molecule has 0 unspecified atom stereocenters. The van der Waals surface area contributed by atoms with E-state index in [-0.39, 0.29) is 35.6 Å². The molecular weight excluding hydrogens is 256 g/mol. The van der Waals surface area contributed by atoms with Gasteiger partial charge >= 0.3 is 5.97 Å². The summed E-state index contributed by atoms with van der Waals surface area (Å²) in [6, 6.07) is 2.63. The van der Waals surface area contributed by atoms with Crippen molar-refractivity contribution >= 4 is 5.97 Å². The van der Waals surface area contributed by atoms with Gasteiger partial charge in [-0.25, -0.2) is 0 Å². The zero-order chi connectivity index (χ0) is 14.7. The molecule has 0 fully saturated rings. The van der Waals surface area contributed by atoms with Crippen LogP contribution < -0.4 is 4.74 Å². The summed E-state index contributed by atoms with van der Waals surface area (Å²) in [6.45, 7) is 3.92. The number of ether oxygens (including phenoxy) is 1. The lowest BCUT2D eigenvalue weighted by molar-refractivity contribution is -0.135. The minimum absolute atomic E-state index is 0.0518. The van der Waals surface area contributed by atoms with E-state index in [0.717, 1.165) is 12.0 Å². The minimum atomic E-state index is -0.362. The second-order valence-corrected chi connectivity index (χ2v) is 4.72. The van der Waals surface area contributed by atoms with Gasteiger partial charge in [-0.3, -0.25) is 4.79 Å². The maximum absolute atomic E-state index is 11.7. The van der Waals surface area contributed by atoms with Gasteiger partial charge in [0.15, 0.2) is 0 Å². The summed E-state index contributed by atoms with van der Waals surface area (Å²) in [5, 5.41) is 19.6. The number of hydrogen-bond acceptors (Lipinski definition) is 4. The lowest BCUT2D eigenvalue weighted by Crippen LogP contribution is -2.21. The molecule has 0 radical (unpaired) electrons. The molecule has 0 spiro atoms. The van der Waals surface area contributed by atoms with Crippen molar-refractivity contribution in [3.05, 3.63) is 41.5 Å². The number of phenols is 2. The fourth-order valence-corrected chi connectivity index (χ4v) is 2.50. The molecule has 0 amide bonds. The van der Waals surface area contributed by atoms with Crippen molar-refractivity contribution in [2.75, 3.05) is 0 Å². The Balaban J connectivity index is 2.57. The van der Waals surface area contributed by atoms with E-state index >= 15 is 0 Å². The smallest absolute Gasteiger partial charge is 0.312 e. The van der Waals surface area contributed by atoms with Gasteiger partial charge in [-0.1, -0.05) is 25.2 Å². The van der Waals surface area contributed by atoms with Crippen molar-refractivity contribution in [3.63, 3.8) is 0 Å². The number of carbonyl (C=O) groups excluding carboxylic acids is 1. The average molecular weight is 274 g/mol. The topological polar surface area (TPSA) is 66.8 Å². The van der Waals surface area contributed by atoms with Crippen molar-refractivity contribution in [1.29, 1.82) is 0 Å². The van der Waals surface area contributed by atoms with E-state index in [4.69, 9.17) is 4.74 Å². The third-order valence-corrected chi connectivity index (χ3v) is 3.25. The van der Waals surface area contributed by atoms with Crippen LogP contribution in [-0.2, 0) is 4.79 Å². The van der Waals surface area contributed by atoms with Gasteiger partial charge in [0.1, 0.15) is 17.2 Å². The molecule has 0 saturated heterocycles. The zero-order valence-corrected chi connectivity index (χ0v) is 11.6. The van der Waals surface area contributed by atoms with E-state index in [0.29, 0.717) is 5.56 Å². The molecule has 0 saturated carbocycles. The third-order valence-electron chi connectivity index (χ3n) is 3.25. The summed E-state index contributed by atoms with van der Waals surface area (Å²) in [5.41, 5.74) is 1.52. The number of aromatic hydroxyl groups is 2. The molecule has 1 atom stereocenters. The van der Waals surface area contributed by atoms with Crippen LogP contribution in [0.15, 0.2) is 35.9 Å². The number of hydrogen-bond donors (Lipinski definition) is 2. The molecule has 1 aromatic rings. The SMILES string of the molecule is C/C=C\C(=C/CC)[C@H]1CC(=O)Oc2cc(O)cc(O)c21. The van der Waals surface area contributed by atoms with E-state index in [1.54, 1.807) is 0 Å². The molecule has 2 N–H and O–H groups in total. The highest BCUT2D eigenvalue weighted by Crippen LogP contribution is 2.46. The molecule has 1 heterocycles. The molecule has 0 aromatic heterocycles. The van der Waals surface area contributed by atoms with Crippen molar-refractivity contribution in [3.8, 4) is 17.2 Å². The minimum Gasteiger partial charge on any atom is -0.508 e. The first kappa shape index (κ1) is 14.2. The third kappa shape index (κ3) is 2.69. The Bertz CT molecular complexity index is 584. The number of carbonyl (C=O) groups is 1. The second-order valence-electron chi connectivity index (χ2n) is 4.72. The second kappa shape index (κ2) is 5.82. The maximum Gasteiger partial charge on any atom is 0.312 e.